The molecule has 5 rings (SSSR count). The van der Waals surface area contributed by atoms with Crippen molar-refractivity contribution in [3.63, 3.8) is 0 Å². The molecule has 0 unspecified atom stereocenters. The first-order chi connectivity index (χ1) is 20.7. The minimum atomic E-state index is 0.632. The molecule has 0 atom stereocenters. The third kappa shape index (κ3) is 13.0. The Bertz CT molecular complexity index is 1120. The van der Waals surface area contributed by atoms with Crippen LogP contribution in [0.2, 0.25) is 0 Å². The van der Waals surface area contributed by atoms with E-state index in [4.69, 9.17) is 0 Å². The van der Waals surface area contributed by atoms with E-state index in [1.54, 1.807) is 0 Å². The van der Waals surface area contributed by atoms with E-state index in [-0.39, 0.29) is 0 Å². The van der Waals surface area contributed by atoms with Crippen LogP contribution in [0, 0.1) is 0 Å². The van der Waals surface area contributed by atoms with Crippen molar-refractivity contribution in [3.05, 3.63) is 106 Å². The van der Waals surface area contributed by atoms with Crippen molar-refractivity contribution in [2.75, 3.05) is 19.6 Å². The number of hydrogen-bond donors (Lipinski definition) is 2. The fourth-order valence-corrected chi connectivity index (χ4v) is 5.13. The summed E-state index contributed by atoms with van der Waals surface area (Å²) < 4.78 is 0. The number of hydrogen-bond acceptors (Lipinski definition) is 3. The van der Waals surface area contributed by atoms with Crippen molar-refractivity contribution in [2.24, 2.45) is 0 Å². The van der Waals surface area contributed by atoms with Crippen LogP contribution in [-0.4, -0.2) is 30.6 Å². The topological polar surface area (TPSA) is 27.3 Å². The first-order valence-corrected chi connectivity index (χ1v) is 17.2. The molecule has 2 aliphatic rings. The SMILES string of the molecule is CC(C)c1ccc(CN2CCC2)cc1.CC(C)c1ccc(CNC2CCC2)cc1.CCCNCc1ccc(C(C)C)cc1. The van der Waals surface area contributed by atoms with E-state index in [9.17, 15) is 0 Å². The average Bonchev–Trinajstić information content (AvgIpc) is 2.96. The number of likely N-dealkylation sites (tertiary alicyclic amines) is 1. The molecular formula is C40H61N3. The monoisotopic (exact) mass is 583 g/mol. The molecule has 1 aliphatic heterocycles. The summed E-state index contributed by atoms with van der Waals surface area (Å²) in [6, 6.07) is 27.8. The molecule has 1 saturated heterocycles. The van der Waals surface area contributed by atoms with Gasteiger partial charge < -0.3 is 10.6 Å². The largest absolute Gasteiger partial charge is 0.313 e. The average molecular weight is 584 g/mol. The molecule has 0 spiro atoms. The van der Waals surface area contributed by atoms with Crippen molar-refractivity contribution in [3.8, 4) is 0 Å². The fourth-order valence-electron chi connectivity index (χ4n) is 5.13. The molecule has 0 amide bonds. The van der Waals surface area contributed by atoms with Gasteiger partial charge in [-0.15, -0.1) is 0 Å². The van der Waals surface area contributed by atoms with Crippen LogP contribution in [0.15, 0.2) is 72.8 Å². The molecule has 236 valence electrons. The van der Waals surface area contributed by atoms with Gasteiger partial charge >= 0.3 is 0 Å². The van der Waals surface area contributed by atoms with Crippen molar-refractivity contribution in [2.45, 2.75) is 124 Å². The molecule has 3 aromatic rings. The molecule has 3 heteroatoms. The zero-order chi connectivity index (χ0) is 31.0. The maximum absolute atomic E-state index is 3.58. The number of rotatable bonds is 12. The Kier molecular flexibility index (Phi) is 15.5. The second-order valence-electron chi connectivity index (χ2n) is 13.5. The first-order valence-electron chi connectivity index (χ1n) is 17.2. The maximum atomic E-state index is 3.58. The van der Waals surface area contributed by atoms with Gasteiger partial charge in [0, 0.05) is 25.7 Å². The Morgan fingerprint density at radius 1 is 0.605 bits per heavy atom. The second-order valence-corrected chi connectivity index (χ2v) is 13.5. The van der Waals surface area contributed by atoms with Crippen LogP contribution < -0.4 is 10.6 Å². The van der Waals surface area contributed by atoms with Gasteiger partial charge in [-0.3, -0.25) is 4.90 Å². The van der Waals surface area contributed by atoms with Gasteiger partial charge in [0.05, 0.1) is 0 Å². The van der Waals surface area contributed by atoms with Gasteiger partial charge in [-0.05, 0) is 96.5 Å². The van der Waals surface area contributed by atoms with Gasteiger partial charge in [-0.25, -0.2) is 0 Å². The van der Waals surface area contributed by atoms with E-state index in [0.717, 1.165) is 32.2 Å². The van der Waals surface area contributed by atoms with Crippen LogP contribution in [0.4, 0.5) is 0 Å². The molecular weight excluding hydrogens is 522 g/mol. The maximum Gasteiger partial charge on any atom is 0.0233 e. The van der Waals surface area contributed by atoms with Gasteiger partial charge in [-0.1, -0.05) is 128 Å². The van der Waals surface area contributed by atoms with Crippen LogP contribution in [0.3, 0.4) is 0 Å². The molecule has 43 heavy (non-hydrogen) atoms. The predicted molar refractivity (Wildman–Crippen MR) is 188 cm³/mol. The summed E-state index contributed by atoms with van der Waals surface area (Å²) in [5, 5.41) is 6.98. The van der Waals surface area contributed by atoms with Gasteiger partial charge in [0.25, 0.3) is 0 Å². The summed E-state index contributed by atoms with van der Waals surface area (Å²) in [4.78, 5) is 2.49. The smallest absolute Gasteiger partial charge is 0.0233 e. The first kappa shape index (κ1) is 35.0. The van der Waals surface area contributed by atoms with E-state index < -0.39 is 0 Å². The summed E-state index contributed by atoms with van der Waals surface area (Å²) in [5.74, 6) is 1.92. The second kappa shape index (κ2) is 19.0. The van der Waals surface area contributed by atoms with Gasteiger partial charge in [0.15, 0.2) is 0 Å². The van der Waals surface area contributed by atoms with Crippen LogP contribution in [-0.2, 0) is 19.6 Å². The standard InChI is InChI=1S/C14H21N.C13H19N.C13H21N/c1-11(2)13-8-6-12(7-9-13)10-15-14-4-3-5-14;1-11(2)13-6-4-12(5-7-13)10-14-8-3-9-14;1-4-9-14-10-12-5-7-13(8-6-12)11(2)3/h6-9,11,14-15H,3-5,10H2,1-2H3;4-7,11H,3,8-10H2,1-2H3;5-8,11,14H,4,9-10H2,1-3H3. The molecule has 1 saturated carbocycles. The quantitative estimate of drug-likeness (QED) is 0.208. The van der Waals surface area contributed by atoms with Crippen LogP contribution in [0.25, 0.3) is 0 Å². The minimum Gasteiger partial charge on any atom is -0.313 e. The zero-order valence-corrected chi connectivity index (χ0v) is 28.5. The molecule has 2 N–H and O–H groups in total. The third-order valence-electron chi connectivity index (χ3n) is 8.75. The highest BCUT2D eigenvalue weighted by atomic mass is 15.2. The lowest BCUT2D eigenvalue weighted by molar-refractivity contribution is 0.172. The fraction of sp³-hybridized carbons (Fsp3) is 0.550. The lowest BCUT2D eigenvalue weighted by Crippen LogP contribution is -2.36. The third-order valence-corrected chi connectivity index (χ3v) is 8.75. The molecule has 2 fully saturated rings. The lowest BCUT2D eigenvalue weighted by atomic mass is 9.93. The van der Waals surface area contributed by atoms with Crippen molar-refractivity contribution in [1.29, 1.82) is 0 Å². The summed E-state index contributed by atoms with van der Waals surface area (Å²) >= 11 is 0. The highest BCUT2D eigenvalue weighted by Gasteiger charge is 2.16. The van der Waals surface area contributed by atoms with Crippen LogP contribution in [0.5, 0.6) is 0 Å². The summed E-state index contributed by atoms with van der Waals surface area (Å²) in [5.41, 5.74) is 8.53. The highest BCUT2D eigenvalue weighted by Crippen LogP contribution is 2.20. The predicted octanol–water partition coefficient (Wildman–Crippen LogP) is 9.78. The number of nitrogens with one attached hydrogen (secondary N) is 2. The molecule has 3 nitrogen and oxygen atoms in total. The summed E-state index contributed by atoms with van der Waals surface area (Å²) in [6.07, 6.45) is 6.71. The molecule has 1 heterocycles. The Hall–Kier alpha value is -2.46. The van der Waals surface area contributed by atoms with Crippen molar-refractivity contribution in [1.82, 2.24) is 15.5 Å². The van der Waals surface area contributed by atoms with E-state index in [2.05, 4.69) is 137 Å². The van der Waals surface area contributed by atoms with E-state index in [1.165, 1.54) is 78.6 Å². The number of benzene rings is 3. The molecule has 0 radical (unpaired) electrons. The molecule has 0 bridgehead atoms. The highest BCUT2D eigenvalue weighted by molar-refractivity contribution is 5.26. The van der Waals surface area contributed by atoms with Crippen molar-refractivity contribution < 1.29 is 0 Å². The molecule has 0 aromatic heterocycles. The van der Waals surface area contributed by atoms with E-state index >= 15 is 0 Å². The summed E-state index contributed by atoms with van der Waals surface area (Å²) in [6.45, 7) is 22.4. The van der Waals surface area contributed by atoms with E-state index in [0.29, 0.717) is 17.8 Å². The Morgan fingerprint density at radius 3 is 1.40 bits per heavy atom. The van der Waals surface area contributed by atoms with Crippen molar-refractivity contribution >= 4 is 0 Å². The Morgan fingerprint density at radius 2 is 1.05 bits per heavy atom. The Balaban J connectivity index is 0.000000177. The zero-order valence-electron chi connectivity index (χ0n) is 28.5. The lowest BCUT2D eigenvalue weighted by Gasteiger charge is -2.30. The van der Waals surface area contributed by atoms with E-state index in [1.807, 2.05) is 0 Å². The summed E-state index contributed by atoms with van der Waals surface area (Å²) in [7, 11) is 0. The van der Waals surface area contributed by atoms with Gasteiger partial charge in [0.2, 0.25) is 0 Å². The Labute approximate surface area is 264 Å². The van der Waals surface area contributed by atoms with Gasteiger partial charge in [0.1, 0.15) is 0 Å². The van der Waals surface area contributed by atoms with Crippen LogP contribution >= 0.6 is 0 Å². The normalized spacial score (nSPS) is 14.9. The molecule has 3 aromatic carbocycles. The number of nitrogens with zero attached hydrogens (tertiary/aromatic N) is 1. The van der Waals surface area contributed by atoms with Gasteiger partial charge in [-0.2, -0.15) is 0 Å². The minimum absolute atomic E-state index is 0.632. The van der Waals surface area contributed by atoms with Crippen LogP contribution in [0.1, 0.15) is 132 Å². The molecule has 1 aliphatic carbocycles.